The molecule has 3 nitrogen and oxygen atoms in total. The molecule has 19 heavy (non-hydrogen) atoms. The van der Waals surface area contributed by atoms with E-state index in [0.717, 1.165) is 21.8 Å². The zero-order chi connectivity index (χ0) is 12.5. The Bertz CT molecular complexity index is 720. The van der Waals surface area contributed by atoms with Crippen molar-refractivity contribution in [1.29, 1.82) is 0 Å². The number of hydrogen-bond acceptors (Lipinski definition) is 2. The monoisotopic (exact) mass is 318 g/mol. The van der Waals surface area contributed by atoms with E-state index >= 15 is 0 Å². The molecule has 0 fully saturated rings. The number of benzene rings is 2. The van der Waals surface area contributed by atoms with Crippen molar-refractivity contribution in [1.82, 2.24) is 4.57 Å². The number of halogens is 1. The molecule has 0 amide bonds. The lowest BCUT2D eigenvalue weighted by Gasteiger charge is -2.13. The minimum absolute atomic E-state index is 0. The van der Waals surface area contributed by atoms with Gasteiger partial charge in [0, 0.05) is 23.9 Å². The molecule has 3 aromatic rings. The van der Waals surface area contributed by atoms with Crippen LogP contribution in [0.5, 0.6) is 0 Å². The number of fused-ring (bicyclic) bond motifs is 2. The van der Waals surface area contributed by atoms with Gasteiger partial charge in [-0.15, -0.1) is 17.0 Å². The molecule has 2 aromatic carbocycles. The van der Waals surface area contributed by atoms with E-state index in [0.29, 0.717) is 13.1 Å². The van der Waals surface area contributed by atoms with Crippen molar-refractivity contribution in [3.8, 4) is 0 Å². The van der Waals surface area contributed by atoms with Crippen LogP contribution in [0.4, 0.5) is 0 Å². The van der Waals surface area contributed by atoms with Gasteiger partial charge in [-0.25, -0.2) is 0 Å². The molecule has 4 heteroatoms. The first-order chi connectivity index (χ1) is 8.83. The highest BCUT2D eigenvalue weighted by Gasteiger charge is 2.08. The topological polar surface area (TPSA) is 48.0 Å². The maximum atomic E-state index is 12.4. The van der Waals surface area contributed by atoms with E-state index in [9.17, 15) is 4.79 Å². The zero-order valence-electron chi connectivity index (χ0n) is 10.4. The highest BCUT2D eigenvalue weighted by Crippen LogP contribution is 2.18. The second-order valence-corrected chi connectivity index (χ2v) is 4.30. The lowest BCUT2D eigenvalue weighted by Crippen LogP contribution is -2.15. The first-order valence-corrected chi connectivity index (χ1v) is 6.03. The minimum Gasteiger partial charge on any atom is -0.339 e. The third kappa shape index (κ3) is 2.17. The van der Waals surface area contributed by atoms with E-state index < -0.39 is 0 Å². The lowest BCUT2D eigenvalue weighted by atomic mass is 10.1. The number of nitrogens with zero attached hydrogens (tertiary/aromatic N) is 1. The highest BCUT2D eigenvalue weighted by atomic mass is 79.9. The molecule has 0 unspecified atom stereocenters. The van der Waals surface area contributed by atoms with Crippen LogP contribution in [0.25, 0.3) is 21.8 Å². The van der Waals surface area contributed by atoms with E-state index in [1.807, 2.05) is 48.5 Å². The number of para-hydroxylation sites is 2. The van der Waals surface area contributed by atoms with E-state index in [1.165, 1.54) is 0 Å². The molecule has 98 valence electrons. The molecule has 0 radical (unpaired) electrons. The third-order valence-corrected chi connectivity index (χ3v) is 3.23. The quantitative estimate of drug-likeness (QED) is 0.738. The fourth-order valence-corrected chi connectivity index (χ4v) is 2.45. The summed E-state index contributed by atoms with van der Waals surface area (Å²) in [4.78, 5) is 12.4. The van der Waals surface area contributed by atoms with Gasteiger partial charge in [0.25, 0.3) is 0 Å². The second-order valence-electron chi connectivity index (χ2n) is 4.30. The highest BCUT2D eigenvalue weighted by molar-refractivity contribution is 8.93. The molecule has 1 heterocycles. The van der Waals surface area contributed by atoms with E-state index in [4.69, 9.17) is 5.73 Å². The van der Waals surface area contributed by atoms with Gasteiger partial charge in [0.05, 0.1) is 11.0 Å². The standard InChI is InChI=1S/C15H14N2O.BrH/c16-9-10-17-13-7-3-1-5-11(13)15(18)12-6-2-4-8-14(12)17;/h1-8H,9-10,16H2;1H. The summed E-state index contributed by atoms with van der Waals surface area (Å²) in [5, 5.41) is 1.51. The van der Waals surface area contributed by atoms with Crippen molar-refractivity contribution in [2.75, 3.05) is 6.54 Å². The summed E-state index contributed by atoms with van der Waals surface area (Å²) in [6.07, 6.45) is 0. The molecule has 0 saturated carbocycles. The predicted molar refractivity (Wildman–Crippen MR) is 85.1 cm³/mol. The fourth-order valence-electron chi connectivity index (χ4n) is 2.45. The molecule has 0 aliphatic rings. The fraction of sp³-hybridized carbons (Fsp3) is 0.133. The van der Waals surface area contributed by atoms with Crippen LogP contribution in [0.3, 0.4) is 0 Å². The van der Waals surface area contributed by atoms with Crippen molar-refractivity contribution in [3.05, 3.63) is 58.8 Å². The van der Waals surface area contributed by atoms with Crippen LogP contribution in [-0.2, 0) is 6.54 Å². The Hall–Kier alpha value is -1.65. The van der Waals surface area contributed by atoms with Crippen molar-refractivity contribution >= 4 is 38.8 Å². The van der Waals surface area contributed by atoms with Gasteiger partial charge in [-0.3, -0.25) is 4.79 Å². The minimum atomic E-state index is 0. The number of aromatic nitrogens is 1. The molecule has 1 aromatic heterocycles. The van der Waals surface area contributed by atoms with Crippen LogP contribution >= 0.6 is 17.0 Å². The summed E-state index contributed by atoms with van der Waals surface area (Å²) < 4.78 is 2.12. The van der Waals surface area contributed by atoms with Gasteiger partial charge in [0.2, 0.25) is 0 Å². The first-order valence-electron chi connectivity index (χ1n) is 6.03. The van der Waals surface area contributed by atoms with Crippen molar-refractivity contribution in [3.63, 3.8) is 0 Å². The van der Waals surface area contributed by atoms with Crippen molar-refractivity contribution in [2.24, 2.45) is 5.73 Å². The predicted octanol–water partition coefficient (Wildman–Crippen LogP) is 2.69. The second kappa shape index (κ2) is 5.55. The SMILES string of the molecule is Br.NCCn1c2ccccc2c(=O)c2ccccc21. The van der Waals surface area contributed by atoms with E-state index in [-0.39, 0.29) is 22.4 Å². The van der Waals surface area contributed by atoms with Crippen LogP contribution in [0.1, 0.15) is 0 Å². The van der Waals surface area contributed by atoms with Crippen LogP contribution < -0.4 is 11.2 Å². The summed E-state index contributed by atoms with van der Waals surface area (Å²) >= 11 is 0. The Morgan fingerprint density at radius 3 is 1.84 bits per heavy atom. The van der Waals surface area contributed by atoms with Gasteiger partial charge < -0.3 is 10.3 Å². The maximum absolute atomic E-state index is 12.4. The summed E-state index contributed by atoms with van der Waals surface area (Å²) in [7, 11) is 0. The molecule has 0 bridgehead atoms. The largest absolute Gasteiger partial charge is 0.339 e. The number of hydrogen-bond donors (Lipinski definition) is 1. The Morgan fingerprint density at radius 1 is 0.895 bits per heavy atom. The molecule has 0 spiro atoms. The molecule has 0 aliphatic heterocycles. The van der Waals surface area contributed by atoms with Gasteiger partial charge in [-0.2, -0.15) is 0 Å². The molecule has 0 aliphatic carbocycles. The molecular formula is C15H15BrN2O. The van der Waals surface area contributed by atoms with Crippen LogP contribution in [-0.4, -0.2) is 11.1 Å². The van der Waals surface area contributed by atoms with E-state index in [1.54, 1.807) is 0 Å². The van der Waals surface area contributed by atoms with Gasteiger partial charge in [-0.05, 0) is 24.3 Å². The van der Waals surface area contributed by atoms with Gasteiger partial charge >= 0.3 is 0 Å². The molecule has 2 N–H and O–H groups in total. The number of nitrogens with two attached hydrogens (primary N) is 1. The Labute approximate surface area is 121 Å². The normalized spacial score (nSPS) is 10.6. The van der Waals surface area contributed by atoms with Crippen molar-refractivity contribution < 1.29 is 0 Å². The molecule has 3 rings (SSSR count). The Balaban J connectivity index is 0.00000133. The Kier molecular flexibility index (Phi) is 4.02. The zero-order valence-corrected chi connectivity index (χ0v) is 12.1. The van der Waals surface area contributed by atoms with Crippen LogP contribution in [0.15, 0.2) is 53.3 Å². The van der Waals surface area contributed by atoms with Crippen LogP contribution in [0.2, 0.25) is 0 Å². The summed E-state index contributed by atoms with van der Waals surface area (Å²) in [6.45, 7) is 1.26. The molecule has 0 saturated heterocycles. The summed E-state index contributed by atoms with van der Waals surface area (Å²) in [5.74, 6) is 0. The van der Waals surface area contributed by atoms with Gasteiger partial charge in [-0.1, -0.05) is 24.3 Å². The third-order valence-electron chi connectivity index (χ3n) is 3.23. The average Bonchev–Trinajstić information content (AvgIpc) is 2.43. The van der Waals surface area contributed by atoms with Crippen LogP contribution in [0, 0.1) is 0 Å². The number of rotatable bonds is 2. The molecule has 0 atom stereocenters. The lowest BCUT2D eigenvalue weighted by molar-refractivity contribution is 0.753. The smallest absolute Gasteiger partial charge is 0.197 e. The van der Waals surface area contributed by atoms with Gasteiger partial charge in [0.1, 0.15) is 0 Å². The van der Waals surface area contributed by atoms with E-state index in [2.05, 4.69) is 4.57 Å². The Morgan fingerprint density at radius 2 is 1.37 bits per heavy atom. The summed E-state index contributed by atoms with van der Waals surface area (Å²) in [6, 6.07) is 15.4. The number of pyridine rings is 1. The summed E-state index contributed by atoms with van der Waals surface area (Å²) in [5.41, 5.74) is 7.68. The first kappa shape index (κ1) is 13.8. The average molecular weight is 319 g/mol. The maximum Gasteiger partial charge on any atom is 0.197 e. The molecular weight excluding hydrogens is 304 g/mol. The van der Waals surface area contributed by atoms with Gasteiger partial charge in [0.15, 0.2) is 5.43 Å². The van der Waals surface area contributed by atoms with Crippen molar-refractivity contribution in [2.45, 2.75) is 6.54 Å².